The lowest BCUT2D eigenvalue weighted by molar-refractivity contribution is -0.121. The first-order valence-corrected chi connectivity index (χ1v) is 7.22. The van der Waals surface area contributed by atoms with Crippen LogP contribution in [0.2, 0.25) is 0 Å². The Morgan fingerprint density at radius 3 is 2.70 bits per heavy atom. The van der Waals surface area contributed by atoms with Gasteiger partial charge in [-0.15, -0.1) is 0 Å². The van der Waals surface area contributed by atoms with E-state index in [0.717, 1.165) is 25.3 Å². The first kappa shape index (κ1) is 16.5. The molecule has 1 rings (SSSR count). The smallest absolute Gasteiger partial charge is 0.221 e. The van der Waals surface area contributed by atoms with Crippen LogP contribution in [0.3, 0.4) is 0 Å². The van der Waals surface area contributed by atoms with Crippen LogP contribution >= 0.6 is 0 Å². The predicted octanol–water partition coefficient (Wildman–Crippen LogP) is 1.99. The van der Waals surface area contributed by atoms with Crippen LogP contribution in [0.5, 0.6) is 5.75 Å². The van der Waals surface area contributed by atoms with Gasteiger partial charge in [-0.2, -0.15) is 0 Å². The van der Waals surface area contributed by atoms with Gasteiger partial charge in [-0.05, 0) is 30.5 Å². The number of hydrogen-bond acceptors (Lipinski definition) is 3. The SMILES string of the molecule is COc1ccccc1CCNCCC(=O)NCC(C)C. The maximum atomic E-state index is 11.5. The second-order valence-corrected chi connectivity index (χ2v) is 5.26. The lowest BCUT2D eigenvalue weighted by Crippen LogP contribution is -2.30. The van der Waals surface area contributed by atoms with Crippen LogP contribution in [0.25, 0.3) is 0 Å². The van der Waals surface area contributed by atoms with Crippen molar-refractivity contribution in [3.8, 4) is 5.75 Å². The number of ether oxygens (including phenoxy) is 1. The van der Waals surface area contributed by atoms with Gasteiger partial charge < -0.3 is 15.4 Å². The van der Waals surface area contributed by atoms with Gasteiger partial charge in [0.05, 0.1) is 7.11 Å². The second-order valence-electron chi connectivity index (χ2n) is 5.26. The van der Waals surface area contributed by atoms with Crippen LogP contribution in [0, 0.1) is 5.92 Å². The zero-order valence-corrected chi connectivity index (χ0v) is 12.7. The van der Waals surface area contributed by atoms with E-state index in [2.05, 4.69) is 30.5 Å². The monoisotopic (exact) mass is 278 g/mol. The van der Waals surface area contributed by atoms with Gasteiger partial charge in [-0.3, -0.25) is 4.79 Å². The topological polar surface area (TPSA) is 50.4 Å². The van der Waals surface area contributed by atoms with Crippen LogP contribution in [0.4, 0.5) is 0 Å². The van der Waals surface area contributed by atoms with E-state index in [1.165, 1.54) is 5.56 Å². The maximum Gasteiger partial charge on any atom is 0.221 e. The number of carbonyl (C=O) groups is 1. The van der Waals surface area contributed by atoms with Crippen molar-refractivity contribution in [3.63, 3.8) is 0 Å². The molecule has 4 nitrogen and oxygen atoms in total. The lowest BCUT2D eigenvalue weighted by Gasteiger charge is -2.10. The maximum absolute atomic E-state index is 11.5. The molecule has 0 saturated carbocycles. The van der Waals surface area contributed by atoms with Gasteiger partial charge >= 0.3 is 0 Å². The van der Waals surface area contributed by atoms with Crippen molar-refractivity contribution in [2.75, 3.05) is 26.7 Å². The van der Waals surface area contributed by atoms with E-state index in [-0.39, 0.29) is 5.91 Å². The molecule has 112 valence electrons. The summed E-state index contributed by atoms with van der Waals surface area (Å²) in [7, 11) is 1.69. The third-order valence-electron chi connectivity index (χ3n) is 3.00. The molecule has 1 aromatic carbocycles. The van der Waals surface area contributed by atoms with Crippen LogP contribution in [0.15, 0.2) is 24.3 Å². The van der Waals surface area contributed by atoms with E-state index < -0.39 is 0 Å². The number of carbonyl (C=O) groups excluding carboxylic acids is 1. The Hall–Kier alpha value is -1.55. The fourth-order valence-electron chi connectivity index (χ4n) is 1.87. The molecule has 0 radical (unpaired) electrons. The number of methoxy groups -OCH3 is 1. The van der Waals surface area contributed by atoms with Crippen LogP contribution in [-0.4, -0.2) is 32.7 Å². The van der Waals surface area contributed by atoms with E-state index in [4.69, 9.17) is 4.74 Å². The first-order valence-electron chi connectivity index (χ1n) is 7.22. The summed E-state index contributed by atoms with van der Waals surface area (Å²) in [6.45, 7) is 6.48. The molecule has 0 atom stereocenters. The standard InChI is InChI=1S/C16H26N2O2/c1-13(2)12-18-16(19)9-11-17-10-8-14-6-4-5-7-15(14)20-3/h4-7,13,17H,8-12H2,1-3H3,(H,18,19). The van der Waals surface area contributed by atoms with Gasteiger partial charge in [0, 0.05) is 19.5 Å². The average molecular weight is 278 g/mol. The molecule has 0 saturated heterocycles. The Kier molecular flexibility index (Phi) is 7.73. The Morgan fingerprint density at radius 1 is 1.25 bits per heavy atom. The summed E-state index contributed by atoms with van der Waals surface area (Å²) in [6, 6.07) is 8.01. The molecule has 1 amide bonds. The van der Waals surface area contributed by atoms with Crippen molar-refractivity contribution < 1.29 is 9.53 Å². The van der Waals surface area contributed by atoms with Crippen molar-refractivity contribution in [2.45, 2.75) is 26.7 Å². The van der Waals surface area contributed by atoms with Gasteiger partial charge in [0.15, 0.2) is 0 Å². The summed E-state index contributed by atoms with van der Waals surface area (Å²) in [5, 5.41) is 6.20. The molecule has 0 aromatic heterocycles. The van der Waals surface area contributed by atoms with E-state index in [1.54, 1.807) is 7.11 Å². The largest absolute Gasteiger partial charge is 0.496 e. The number of benzene rings is 1. The molecule has 0 unspecified atom stereocenters. The Labute approximate surface area is 121 Å². The molecule has 2 N–H and O–H groups in total. The molecule has 0 fully saturated rings. The molecule has 0 bridgehead atoms. The van der Waals surface area contributed by atoms with Crippen LogP contribution in [0.1, 0.15) is 25.8 Å². The van der Waals surface area contributed by atoms with Gasteiger partial charge in [0.25, 0.3) is 0 Å². The Morgan fingerprint density at radius 2 is 2.00 bits per heavy atom. The minimum atomic E-state index is 0.114. The van der Waals surface area contributed by atoms with Crippen molar-refractivity contribution in [1.29, 1.82) is 0 Å². The summed E-state index contributed by atoms with van der Waals surface area (Å²) in [6.07, 6.45) is 1.43. The minimum absolute atomic E-state index is 0.114. The summed E-state index contributed by atoms with van der Waals surface area (Å²) in [4.78, 5) is 11.5. The highest BCUT2D eigenvalue weighted by Gasteiger charge is 2.03. The third-order valence-corrected chi connectivity index (χ3v) is 3.00. The fraction of sp³-hybridized carbons (Fsp3) is 0.562. The molecule has 0 heterocycles. The molecule has 0 spiro atoms. The van der Waals surface area contributed by atoms with Crippen LogP contribution < -0.4 is 15.4 Å². The molecule has 4 heteroatoms. The highest BCUT2D eigenvalue weighted by atomic mass is 16.5. The highest BCUT2D eigenvalue weighted by molar-refractivity contribution is 5.76. The molecule has 0 aliphatic rings. The molecule has 0 aliphatic carbocycles. The number of para-hydroxylation sites is 1. The Balaban J connectivity index is 2.14. The molecular formula is C16H26N2O2. The number of rotatable bonds is 9. The van der Waals surface area contributed by atoms with Gasteiger partial charge in [0.1, 0.15) is 5.75 Å². The number of hydrogen-bond donors (Lipinski definition) is 2. The Bertz CT molecular complexity index is 405. The zero-order valence-electron chi connectivity index (χ0n) is 12.7. The van der Waals surface area contributed by atoms with Gasteiger partial charge in [-0.1, -0.05) is 32.0 Å². The molecular weight excluding hydrogens is 252 g/mol. The first-order chi connectivity index (χ1) is 9.63. The summed E-state index contributed by atoms with van der Waals surface area (Å²) in [5.41, 5.74) is 1.19. The summed E-state index contributed by atoms with van der Waals surface area (Å²) >= 11 is 0. The van der Waals surface area contributed by atoms with Gasteiger partial charge in [0.2, 0.25) is 5.91 Å². The van der Waals surface area contributed by atoms with Crippen molar-refractivity contribution in [2.24, 2.45) is 5.92 Å². The third kappa shape index (κ3) is 6.57. The zero-order chi connectivity index (χ0) is 14.8. The second kappa shape index (κ2) is 9.37. The highest BCUT2D eigenvalue weighted by Crippen LogP contribution is 2.17. The lowest BCUT2D eigenvalue weighted by atomic mass is 10.1. The summed E-state index contributed by atoms with van der Waals surface area (Å²) < 4.78 is 5.30. The number of amides is 1. The molecule has 1 aromatic rings. The van der Waals surface area contributed by atoms with E-state index in [1.807, 2.05) is 18.2 Å². The predicted molar refractivity (Wildman–Crippen MR) is 82.0 cm³/mol. The van der Waals surface area contributed by atoms with Crippen molar-refractivity contribution in [3.05, 3.63) is 29.8 Å². The fourth-order valence-corrected chi connectivity index (χ4v) is 1.87. The van der Waals surface area contributed by atoms with Gasteiger partial charge in [-0.25, -0.2) is 0 Å². The van der Waals surface area contributed by atoms with E-state index in [9.17, 15) is 4.79 Å². The normalized spacial score (nSPS) is 10.6. The number of nitrogens with one attached hydrogen (secondary N) is 2. The van der Waals surface area contributed by atoms with Crippen molar-refractivity contribution >= 4 is 5.91 Å². The van der Waals surface area contributed by atoms with E-state index >= 15 is 0 Å². The quantitative estimate of drug-likeness (QED) is 0.679. The van der Waals surface area contributed by atoms with E-state index in [0.29, 0.717) is 18.9 Å². The minimum Gasteiger partial charge on any atom is -0.496 e. The van der Waals surface area contributed by atoms with Crippen LogP contribution in [-0.2, 0) is 11.2 Å². The van der Waals surface area contributed by atoms with Crippen molar-refractivity contribution in [1.82, 2.24) is 10.6 Å². The summed E-state index contributed by atoms with van der Waals surface area (Å²) in [5.74, 6) is 1.53. The molecule has 20 heavy (non-hydrogen) atoms. The molecule has 0 aliphatic heterocycles. The average Bonchev–Trinajstić information content (AvgIpc) is 2.45.